The van der Waals surface area contributed by atoms with E-state index in [1.165, 1.54) is 16.8 Å². The molecule has 178 valence electrons. The fourth-order valence-corrected chi connectivity index (χ4v) is 4.70. The van der Waals surface area contributed by atoms with Crippen LogP contribution in [-0.2, 0) is 0 Å². The first-order valence-corrected chi connectivity index (χ1v) is 12.3. The van der Waals surface area contributed by atoms with Crippen LogP contribution in [0.25, 0.3) is 0 Å². The standard InChI is InChI=1S/C24H27ClN6O2S/c1-16-5-3-8-20(17(16)2)31-13-11-30(12-14-31)10-9-26-21(32)23-28-29-24(34-23)22(33)27-19-7-4-6-18(25)15-19/h3-8,15H,9-14H2,1-2H3,(H,26,32)(H,27,33). The van der Waals surface area contributed by atoms with Gasteiger partial charge in [-0.3, -0.25) is 14.5 Å². The van der Waals surface area contributed by atoms with Crippen LogP contribution in [-0.4, -0.2) is 66.2 Å². The monoisotopic (exact) mass is 498 g/mol. The quantitative estimate of drug-likeness (QED) is 0.517. The van der Waals surface area contributed by atoms with Crippen LogP contribution in [0.3, 0.4) is 0 Å². The predicted octanol–water partition coefficient (Wildman–Crippen LogP) is 3.61. The molecule has 0 radical (unpaired) electrons. The molecule has 0 bridgehead atoms. The molecule has 34 heavy (non-hydrogen) atoms. The number of anilines is 2. The molecule has 1 fully saturated rings. The molecule has 2 amide bonds. The molecule has 2 heterocycles. The van der Waals surface area contributed by atoms with E-state index in [1.807, 2.05) is 0 Å². The van der Waals surface area contributed by atoms with Gasteiger partial charge in [-0.05, 0) is 49.2 Å². The molecular weight excluding hydrogens is 472 g/mol. The first kappa shape index (κ1) is 24.1. The minimum atomic E-state index is -0.430. The number of nitrogens with zero attached hydrogens (tertiary/aromatic N) is 4. The van der Waals surface area contributed by atoms with E-state index >= 15 is 0 Å². The van der Waals surface area contributed by atoms with Gasteiger partial charge >= 0.3 is 0 Å². The number of carbonyl (C=O) groups excluding carboxylic acids is 2. The maximum atomic E-state index is 12.5. The van der Waals surface area contributed by atoms with E-state index in [0.717, 1.165) is 44.1 Å². The van der Waals surface area contributed by atoms with Gasteiger partial charge in [0.05, 0.1) is 0 Å². The zero-order chi connectivity index (χ0) is 24.1. The first-order chi connectivity index (χ1) is 16.4. The number of piperazine rings is 1. The van der Waals surface area contributed by atoms with Gasteiger partial charge in [-0.2, -0.15) is 0 Å². The second-order valence-electron chi connectivity index (χ2n) is 8.18. The summed E-state index contributed by atoms with van der Waals surface area (Å²) in [6, 6.07) is 13.2. The Morgan fingerprint density at radius 3 is 2.44 bits per heavy atom. The topological polar surface area (TPSA) is 90.5 Å². The van der Waals surface area contributed by atoms with Crippen molar-refractivity contribution in [3.05, 3.63) is 68.6 Å². The molecule has 0 unspecified atom stereocenters. The summed E-state index contributed by atoms with van der Waals surface area (Å²) < 4.78 is 0. The van der Waals surface area contributed by atoms with Gasteiger partial charge in [0.25, 0.3) is 11.8 Å². The molecule has 0 aliphatic carbocycles. The molecule has 3 aromatic rings. The Bertz CT molecular complexity index is 1180. The minimum absolute atomic E-state index is 0.118. The van der Waals surface area contributed by atoms with Crippen LogP contribution in [0.5, 0.6) is 0 Å². The average molecular weight is 499 g/mol. The lowest BCUT2D eigenvalue weighted by Crippen LogP contribution is -2.48. The van der Waals surface area contributed by atoms with Crippen molar-refractivity contribution < 1.29 is 9.59 Å². The van der Waals surface area contributed by atoms with Crippen LogP contribution >= 0.6 is 22.9 Å². The van der Waals surface area contributed by atoms with Crippen molar-refractivity contribution >= 4 is 46.1 Å². The number of carbonyl (C=O) groups is 2. The van der Waals surface area contributed by atoms with Gasteiger partial charge in [0.1, 0.15) is 0 Å². The van der Waals surface area contributed by atoms with Gasteiger partial charge in [-0.25, -0.2) is 0 Å². The summed E-state index contributed by atoms with van der Waals surface area (Å²) in [4.78, 5) is 29.6. The molecule has 0 spiro atoms. The van der Waals surface area contributed by atoms with Gasteiger partial charge in [0, 0.05) is 55.7 Å². The molecular formula is C24H27ClN6O2S. The van der Waals surface area contributed by atoms with Crippen LogP contribution in [0.15, 0.2) is 42.5 Å². The molecule has 8 nitrogen and oxygen atoms in total. The fraction of sp³-hybridized carbons (Fsp3) is 0.333. The van der Waals surface area contributed by atoms with E-state index < -0.39 is 5.91 Å². The lowest BCUT2D eigenvalue weighted by molar-refractivity contribution is 0.0945. The molecule has 1 aliphatic rings. The zero-order valence-corrected chi connectivity index (χ0v) is 20.7. The van der Waals surface area contributed by atoms with Crippen LogP contribution < -0.4 is 15.5 Å². The van der Waals surface area contributed by atoms with Crippen LogP contribution in [0.1, 0.15) is 30.7 Å². The summed E-state index contributed by atoms with van der Waals surface area (Å²) in [6.07, 6.45) is 0. The van der Waals surface area contributed by atoms with Gasteiger partial charge < -0.3 is 15.5 Å². The highest BCUT2D eigenvalue weighted by Gasteiger charge is 2.20. The van der Waals surface area contributed by atoms with E-state index in [4.69, 9.17) is 11.6 Å². The third kappa shape index (κ3) is 5.91. The Morgan fingerprint density at radius 2 is 1.71 bits per heavy atom. The minimum Gasteiger partial charge on any atom is -0.369 e. The predicted molar refractivity (Wildman–Crippen MR) is 136 cm³/mol. The Balaban J connectivity index is 1.22. The van der Waals surface area contributed by atoms with Crippen molar-refractivity contribution in [1.82, 2.24) is 20.4 Å². The molecule has 2 aromatic carbocycles. The molecule has 0 atom stereocenters. The van der Waals surface area contributed by atoms with E-state index in [2.05, 4.69) is 62.7 Å². The summed E-state index contributed by atoms with van der Waals surface area (Å²) in [6.45, 7) is 9.38. The van der Waals surface area contributed by atoms with E-state index in [1.54, 1.807) is 24.3 Å². The first-order valence-electron chi connectivity index (χ1n) is 11.1. The number of halogens is 1. The SMILES string of the molecule is Cc1cccc(N2CCN(CCNC(=O)c3nnc(C(=O)Nc4cccc(Cl)c4)s3)CC2)c1C. The lowest BCUT2D eigenvalue weighted by atomic mass is 10.1. The summed E-state index contributed by atoms with van der Waals surface area (Å²) in [5, 5.41) is 14.1. The number of benzene rings is 2. The van der Waals surface area contributed by atoms with Crippen molar-refractivity contribution in [3.63, 3.8) is 0 Å². The molecule has 2 N–H and O–H groups in total. The van der Waals surface area contributed by atoms with Crippen molar-refractivity contribution in [2.75, 3.05) is 49.5 Å². The smallest absolute Gasteiger partial charge is 0.286 e. The highest BCUT2D eigenvalue weighted by Crippen LogP contribution is 2.23. The third-order valence-electron chi connectivity index (χ3n) is 5.90. The maximum absolute atomic E-state index is 12.5. The number of hydrogen-bond donors (Lipinski definition) is 2. The molecule has 0 saturated carbocycles. The van der Waals surface area contributed by atoms with Gasteiger partial charge in [0.2, 0.25) is 10.0 Å². The van der Waals surface area contributed by atoms with Gasteiger partial charge in [0.15, 0.2) is 0 Å². The van der Waals surface area contributed by atoms with Crippen molar-refractivity contribution in [2.45, 2.75) is 13.8 Å². The van der Waals surface area contributed by atoms with Crippen LogP contribution in [0.2, 0.25) is 5.02 Å². The molecule has 1 saturated heterocycles. The summed E-state index contributed by atoms with van der Waals surface area (Å²) in [7, 11) is 0. The second kappa shape index (κ2) is 10.9. The maximum Gasteiger partial charge on any atom is 0.286 e. The van der Waals surface area contributed by atoms with E-state index in [0.29, 0.717) is 17.3 Å². The van der Waals surface area contributed by atoms with E-state index in [-0.39, 0.29) is 15.9 Å². The zero-order valence-electron chi connectivity index (χ0n) is 19.2. The number of hydrogen-bond acceptors (Lipinski definition) is 7. The fourth-order valence-electron chi connectivity index (χ4n) is 3.85. The number of aromatic nitrogens is 2. The molecule has 10 heteroatoms. The number of rotatable bonds is 7. The number of aryl methyl sites for hydroxylation is 1. The Kier molecular flexibility index (Phi) is 7.77. The second-order valence-corrected chi connectivity index (χ2v) is 9.59. The molecule has 1 aromatic heterocycles. The third-order valence-corrected chi connectivity index (χ3v) is 7.05. The number of amides is 2. The Labute approximate surface area is 207 Å². The summed E-state index contributed by atoms with van der Waals surface area (Å²) >= 11 is 6.90. The average Bonchev–Trinajstić information content (AvgIpc) is 3.32. The number of nitrogens with one attached hydrogen (secondary N) is 2. The molecule has 1 aliphatic heterocycles. The lowest BCUT2D eigenvalue weighted by Gasteiger charge is -2.37. The van der Waals surface area contributed by atoms with Gasteiger partial charge in [-0.15, -0.1) is 10.2 Å². The highest BCUT2D eigenvalue weighted by molar-refractivity contribution is 7.15. The summed E-state index contributed by atoms with van der Waals surface area (Å²) in [5.41, 5.74) is 4.50. The highest BCUT2D eigenvalue weighted by atomic mass is 35.5. The van der Waals surface area contributed by atoms with Crippen LogP contribution in [0, 0.1) is 13.8 Å². The van der Waals surface area contributed by atoms with Crippen LogP contribution in [0.4, 0.5) is 11.4 Å². The Morgan fingerprint density at radius 1 is 1.00 bits per heavy atom. The van der Waals surface area contributed by atoms with Crippen molar-refractivity contribution in [1.29, 1.82) is 0 Å². The van der Waals surface area contributed by atoms with E-state index in [9.17, 15) is 9.59 Å². The largest absolute Gasteiger partial charge is 0.369 e. The van der Waals surface area contributed by atoms with Gasteiger partial charge in [-0.1, -0.05) is 41.1 Å². The summed E-state index contributed by atoms with van der Waals surface area (Å²) in [5.74, 6) is -0.756. The normalized spacial score (nSPS) is 14.1. The Hall–Kier alpha value is -3.01. The van der Waals surface area contributed by atoms with Crippen molar-refractivity contribution in [2.24, 2.45) is 0 Å². The van der Waals surface area contributed by atoms with Crippen molar-refractivity contribution in [3.8, 4) is 0 Å². The molecule has 4 rings (SSSR count).